The minimum absolute atomic E-state index is 0.0206. The van der Waals surface area contributed by atoms with E-state index >= 15 is 0 Å². The van der Waals surface area contributed by atoms with Crippen molar-refractivity contribution in [3.05, 3.63) is 0 Å². The van der Waals surface area contributed by atoms with Gasteiger partial charge in [-0.25, -0.2) is 4.79 Å². The number of urea groups is 1. The second kappa shape index (κ2) is 3.33. The molecule has 1 fully saturated rings. The second-order valence-corrected chi connectivity index (χ2v) is 4.16. The Labute approximate surface area is 73.9 Å². The molecule has 1 saturated heterocycles. The van der Waals surface area contributed by atoms with Crippen LogP contribution in [0.4, 0.5) is 4.79 Å². The third-order valence-electron chi connectivity index (χ3n) is 2.53. The van der Waals surface area contributed by atoms with E-state index in [0.717, 1.165) is 19.4 Å². The van der Waals surface area contributed by atoms with Gasteiger partial charge in [-0.3, -0.25) is 0 Å². The molecule has 70 valence electrons. The molecule has 1 atom stereocenters. The van der Waals surface area contributed by atoms with Gasteiger partial charge in [-0.15, -0.1) is 0 Å². The smallest absolute Gasteiger partial charge is 0.315 e. The first-order chi connectivity index (χ1) is 5.56. The Morgan fingerprint density at radius 1 is 1.58 bits per heavy atom. The summed E-state index contributed by atoms with van der Waals surface area (Å²) in [5.41, 5.74) is 0.184. The number of hydrogen-bond donors (Lipinski definition) is 2. The lowest BCUT2D eigenvalue weighted by molar-refractivity contribution is 0.172. The zero-order valence-electron chi connectivity index (χ0n) is 8.11. The van der Waals surface area contributed by atoms with Crippen molar-refractivity contribution in [3.63, 3.8) is 0 Å². The van der Waals surface area contributed by atoms with Crippen molar-refractivity contribution in [1.82, 2.24) is 10.6 Å². The molecular weight excluding hydrogens is 152 g/mol. The molecule has 1 heterocycles. The van der Waals surface area contributed by atoms with Crippen LogP contribution in [0.1, 0.15) is 33.6 Å². The fourth-order valence-electron chi connectivity index (χ4n) is 1.59. The van der Waals surface area contributed by atoms with Gasteiger partial charge in [0.25, 0.3) is 0 Å². The molecule has 0 saturated carbocycles. The summed E-state index contributed by atoms with van der Waals surface area (Å²) < 4.78 is 0. The van der Waals surface area contributed by atoms with Gasteiger partial charge in [-0.1, -0.05) is 27.2 Å². The second-order valence-electron chi connectivity index (χ2n) is 4.16. The maximum atomic E-state index is 11.0. The Balaban J connectivity index is 2.58. The lowest BCUT2D eigenvalue weighted by atomic mass is 9.81. The SMILES string of the molecule is CCCC1NC(=O)NCC1(C)C. The highest BCUT2D eigenvalue weighted by Crippen LogP contribution is 2.25. The van der Waals surface area contributed by atoms with Crippen LogP contribution in [0.2, 0.25) is 0 Å². The van der Waals surface area contributed by atoms with E-state index in [0.29, 0.717) is 6.04 Å². The lowest BCUT2D eigenvalue weighted by Crippen LogP contribution is -2.59. The van der Waals surface area contributed by atoms with Gasteiger partial charge in [0.2, 0.25) is 0 Å². The largest absolute Gasteiger partial charge is 0.338 e. The number of carbonyl (C=O) groups is 1. The average Bonchev–Trinajstić information content (AvgIpc) is 1.98. The van der Waals surface area contributed by atoms with E-state index in [9.17, 15) is 4.79 Å². The molecule has 0 aromatic rings. The topological polar surface area (TPSA) is 41.1 Å². The highest BCUT2D eigenvalue weighted by Gasteiger charge is 2.34. The van der Waals surface area contributed by atoms with Crippen LogP contribution < -0.4 is 10.6 Å². The van der Waals surface area contributed by atoms with Crippen molar-refractivity contribution in [2.45, 2.75) is 39.7 Å². The summed E-state index contributed by atoms with van der Waals surface area (Å²) in [6, 6.07) is 0.309. The van der Waals surface area contributed by atoms with Crippen LogP contribution >= 0.6 is 0 Å². The molecule has 2 amide bonds. The molecule has 1 unspecified atom stereocenters. The molecule has 1 rings (SSSR count). The van der Waals surface area contributed by atoms with Crippen molar-refractivity contribution < 1.29 is 4.79 Å². The first kappa shape index (κ1) is 9.36. The van der Waals surface area contributed by atoms with Crippen molar-refractivity contribution in [3.8, 4) is 0 Å². The van der Waals surface area contributed by atoms with Gasteiger partial charge in [0.1, 0.15) is 0 Å². The van der Waals surface area contributed by atoms with Gasteiger partial charge in [-0.2, -0.15) is 0 Å². The van der Waals surface area contributed by atoms with Gasteiger partial charge >= 0.3 is 6.03 Å². The molecular formula is C9H18N2O. The van der Waals surface area contributed by atoms with E-state index in [4.69, 9.17) is 0 Å². The van der Waals surface area contributed by atoms with Crippen LogP contribution in [-0.2, 0) is 0 Å². The first-order valence-electron chi connectivity index (χ1n) is 4.60. The third kappa shape index (κ3) is 1.90. The number of nitrogens with one attached hydrogen (secondary N) is 2. The summed E-state index contributed by atoms with van der Waals surface area (Å²) in [5, 5.41) is 5.77. The van der Waals surface area contributed by atoms with Crippen molar-refractivity contribution in [2.24, 2.45) is 5.41 Å². The molecule has 3 nitrogen and oxygen atoms in total. The highest BCUT2D eigenvalue weighted by atomic mass is 16.2. The standard InChI is InChI=1S/C9H18N2O/c1-4-5-7-9(2,3)6-10-8(12)11-7/h7H,4-6H2,1-3H3,(H2,10,11,12). The van der Waals surface area contributed by atoms with Crippen LogP contribution in [0.15, 0.2) is 0 Å². The molecule has 0 radical (unpaired) electrons. The summed E-state index contributed by atoms with van der Waals surface area (Å²) in [4.78, 5) is 11.0. The number of rotatable bonds is 2. The first-order valence-corrected chi connectivity index (χ1v) is 4.60. The van der Waals surface area contributed by atoms with Crippen LogP contribution in [0, 0.1) is 5.41 Å². The molecule has 1 aliphatic rings. The summed E-state index contributed by atoms with van der Waals surface area (Å²) in [7, 11) is 0. The van der Waals surface area contributed by atoms with Crippen LogP contribution in [0.5, 0.6) is 0 Å². The third-order valence-corrected chi connectivity index (χ3v) is 2.53. The van der Waals surface area contributed by atoms with E-state index in [1.165, 1.54) is 0 Å². The Bertz CT molecular complexity index is 177. The molecule has 0 spiro atoms. The number of hydrogen-bond acceptors (Lipinski definition) is 1. The zero-order valence-corrected chi connectivity index (χ0v) is 8.11. The van der Waals surface area contributed by atoms with Gasteiger partial charge in [0.15, 0.2) is 0 Å². The normalized spacial score (nSPS) is 27.6. The average molecular weight is 170 g/mol. The minimum Gasteiger partial charge on any atom is -0.338 e. The Morgan fingerprint density at radius 3 is 2.83 bits per heavy atom. The number of amides is 2. The van der Waals surface area contributed by atoms with Gasteiger partial charge < -0.3 is 10.6 Å². The van der Waals surface area contributed by atoms with Crippen LogP contribution in [-0.4, -0.2) is 18.6 Å². The van der Waals surface area contributed by atoms with Crippen LogP contribution in [0.25, 0.3) is 0 Å². The van der Waals surface area contributed by atoms with Gasteiger partial charge in [0.05, 0.1) is 0 Å². The molecule has 0 bridgehead atoms. The molecule has 12 heavy (non-hydrogen) atoms. The fraction of sp³-hybridized carbons (Fsp3) is 0.889. The van der Waals surface area contributed by atoms with Crippen LogP contribution in [0.3, 0.4) is 0 Å². The zero-order chi connectivity index (χ0) is 9.19. The summed E-state index contributed by atoms with van der Waals surface area (Å²) in [5.74, 6) is 0. The Hall–Kier alpha value is -0.730. The Morgan fingerprint density at radius 2 is 2.25 bits per heavy atom. The summed E-state index contributed by atoms with van der Waals surface area (Å²) in [6.45, 7) is 7.29. The van der Waals surface area contributed by atoms with Gasteiger partial charge in [0, 0.05) is 18.0 Å². The molecule has 0 aromatic heterocycles. The monoisotopic (exact) mass is 170 g/mol. The van der Waals surface area contributed by atoms with E-state index < -0.39 is 0 Å². The minimum atomic E-state index is -0.0206. The maximum Gasteiger partial charge on any atom is 0.315 e. The fourth-order valence-corrected chi connectivity index (χ4v) is 1.59. The summed E-state index contributed by atoms with van der Waals surface area (Å²) in [6.07, 6.45) is 2.19. The highest BCUT2D eigenvalue weighted by molar-refractivity contribution is 5.75. The molecule has 0 aliphatic carbocycles. The molecule has 0 aromatic carbocycles. The van der Waals surface area contributed by atoms with E-state index in [-0.39, 0.29) is 11.4 Å². The lowest BCUT2D eigenvalue weighted by Gasteiger charge is -2.39. The maximum absolute atomic E-state index is 11.0. The van der Waals surface area contributed by atoms with Crippen molar-refractivity contribution in [1.29, 1.82) is 0 Å². The quantitative estimate of drug-likeness (QED) is 0.647. The number of carbonyl (C=O) groups excluding carboxylic acids is 1. The predicted octanol–water partition coefficient (Wildman–Crippen LogP) is 1.49. The summed E-state index contributed by atoms with van der Waals surface area (Å²) >= 11 is 0. The van der Waals surface area contributed by atoms with E-state index in [2.05, 4.69) is 31.4 Å². The van der Waals surface area contributed by atoms with Gasteiger partial charge in [-0.05, 0) is 6.42 Å². The molecule has 2 N–H and O–H groups in total. The van der Waals surface area contributed by atoms with E-state index in [1.54, 1.807) is 0 Å². The predicted molar refractivity (Wildman–Crippen MR) is 49.0 cm³/mol. The molecule has 1 aliphatic heterocycles. The molecule has 3 heteroatoms. The van der Waals surface area contributed by atoms with Crippen molar-refractivity contribution in [2.75, 3.05) is 6.54 Å². The van der Waals surface area contributed by atoms with E-state index in [1.807, 2.05) is 0 Å². The Kier molecular flexibility index (Phi) is 2.60. The van der Waals surface area contributed by atoms with Crippen molar-refractivity contribution >= 4 is 6.03 Å².